The zero-order chi connectivity index (χ0) is 11.7. The molecule has 0 aliphatic heterocycles. The molecule has 0 N–H and O–H groups in total. The molecule has 0 saturated carbocycles. The standard InChI is InChI=1S/C16H16/c1-5-13-9-15-7-12(4)8-16(15)10-14(13)6-11(2)3/h1,6,8-10H,7H2,2-4H3. The number of hydrogen-bond donors (Lipinski definition) is 0. The van der Waals surface area contributed by atoms with Gasteiger partial charge in [0, 0.05) is 5.56 Å². The number of benzene rings is 1. The first-order chi connectivity index (χ1) is 7.60. The first kappa shape index (κ1) is 10.8. The lowest BCUT2D eigenvalue weighted by Crippen LogP contribution is -1.90. The van der Waals surface area contributed by atoms with E-state index in [0.717, 1.165) is 17.5 Å². The minimum Gasteiger partial charge on any atom is -0.115 e. The summed E-state index contributed by atoms with van der Waals surface area (Å²) >= 11 is 0. The summed E-state index contributed by atoms with van der Waals surface area (Å²) in [5, 5.41) is 0. The van der Waals surface area contributed by atoms with Gasteiger partial charge >= 0.3 is 0 Å². The number of fused-ring (bicyclic) bond motifs is 1. The van der Waals surface area contributed by atoms with Crippen LogP contribution in [-0.2, 0) is 6.42 Å². The van der Waals surface area contributed by atoms with E-state index in [1.54, 1.807) is 0 Å². The second kappa shape index (κ2) is 4.02. The van der Waals surface area contributed by atoms with E-state index < -0.39 is 0 Å². The molecule has 0 radical (unpaired) electrons. The highest BCUT2D eigenvalue weighted by Gasteiger charge is 2.12. The molecule has 1 aromatic rings. The van der Waals surface area contributed by atoms with Crippen LogP contribution >= 0.6 is 0 Å². The first-order valence-electron chi connectivity index (χ1n) is 5.56. The van der Waals surface area contributed by atoms with Gasteiger partial charge in [0.25, 0.3) is 0 Å². The average molecular weight is 208 g/mol. The zero-order valence-electron chi connectivity index (χ0n) is 10.1. The number of allylic oxidation sites excluding steroid dienone is 2. The number of hydrogen-bond acceptors (Lipinski definition) is 0. The highest BCUT2D eigenvalue weighted by Crippen LogP contribution is 2.28. The molecule has 1 aliphatic rings. The van der Waals surface area contributed by atoms with Gasteiger partial charge in [0.05, 0.1) is 0 Å². The van der Waals surface area contributed by atoms with Crippen LogP contribution in [0.15, 0.2) is 23.3 Å². The van der Waals surface area contributed by atoms with Crippen LogP contribution in [0.5, 0.6) is 0 Å². The minimum atomic E-state index is 1.00. The van der Waals surface area contributed by atoms with Crippen LogP contribution < -0.4 is 0 Å². The number of rotatable bonds is 1. The van der Waals surface area contributed by atoms with Crippen molar-refractivity contribution in [3.8, 4) is 12.3 Å². The van der Waals surface area contributed by atoms with E-state index >= 15 is 0 Å². The Balaban J connectivity index is 2.58. The van der Waals surface area contributed by atoms with Gasteiger partial charge in [-0.25, -0.2) is 0 Å². The molecule has 0 bridgehead atoms. The van der Waals surface area contributed by atoms with E-state index in [0.29, 0.717) is 0 Å². The monoisotopic (exact) mass is 208 g/mol. The third-order valence-electron chi connectivity index (χ3n) is 2.78. The van der Waals surface area contributed by atoms with E-state index in [1.165, 1.54) is 22.3 Å². The van der Waals surface area contributed by atoms with Gasteiger partial charge in [-0.3, -0.25) is 0 Å². The Morgan fingerprint density at radius 2 is 2.12 bits per heavy atom. The third-order valence-corrected chi connectivity index (χ3v) is 2.78. The Kier molecular flexibility index (Phi) is 2.71. The second-order valence-corrected chi connectivity index (χ2v) is 4.67. The van der Waals surface area contributed by atoms with Crippen molar-refractivity contribution in [2.24, 2.45) is 0 Å². The summed E-state index contributed by atoms with van der Waals surface area (Å²) < 4.78 is 0. The molecule has 2 rings (SSSR count). The summed E-state index contributed by atoms with van der Waals surface area (Å²) in [5.41, 5.74) is 7.53. The summed E-state index contributed by atoms with van der Waals surface area (Å²) in [4.78, 5) is 0. The molecule has 0 heteroatoms. The molecule has 80 valence electrons. The SMILES string of the molecule is C#Cc1cc2c(cc1C=C(C)C)C=C(C)C2. The van der Waals surface area contributed by atoms with E-state index in [4.69, 9.17) is 6.42 Å². The third kappa shape index (κ3) is 1.95. The van der Waals surface area contributed by atoms with Gasteiger partial charge in [-0.05, 0) is 56.0 Å². The van der Waals surface area contributed by atoms with Crippen molar-refractivity contribution in [2.45, 2.75) is 27.2 Å². The molecule has 0 spiro atoms. The van der Waals surface area contributed by atoms with Gasteiger partial charge in [0.2, 0.25) is 0 Å². The van der Waals surface area contributed by atoms with Crippen molar-refractivity contribution >= 4 is 12.2 Å². The first-order valence-corrected chi connectivity index (χ1v) is 5.56. The normalized spacial score (nSPS) is 12.8. The van der Waals surface area contributed by atoms with Crippen LogP contribution in [0.25, 0.3) is 12.2 Å². The molecule has 0 heterocycles. The van der Waals surface area contributed by atoms with Gasteiger partial charge in [-0.15, -0.1) is 6.42 Å². The van der Waals surface area contributed by atoms with E-state index in [9.17, 15) is 0 Å². The summed E-state index contributed by atoms with van der Waals surface area (Å²) in [6.07, 6.45) is 11.0. The lowest BCUT2D eigenvalue weighted by atomic mass is 9.98. The topological polar surface area (TPSA) is 0 Å². The Morgan fingerprint density at radius 3 is 2.75 bits per heavy atom. The maximum Gasteiger partial charge on any atom is 0.0318 e. The highest BCUT2D eigenvalue weighted by molar-refractivity contribution is 5.71. The van der Waals surface area contributed by atoms with Crippen LogP contribution in [0.4, 0.5) is 0 Å². The lowest BCUT2D eigenvalue weighted by molar-refractivity contribution is 1.19. The van der Waals surface area contributed by atoms with Crippen molar-refractivity contribution < 1.29 is 0 Å². The summed E-state index contributed by atoms with van der Waals surface area (Å²) in [5.74, 6) is 2.78. The zero-order valence-corrected chi connectivity index (χ0v) is 10.1. The predicted octanol–water partition coefficient (Wildman–Crippen LogP) is 4.05. The van der Waals surface area contributed by atoms with Gasteiger partial charge in [0.15, 0.2) is 0 Å². The Bertz CT molecular complexity index is 530. The van der Waals surface area contributed by atoms with Crippen LogP contribution in [0.1, 0.15) is 43.0 Å². The Morgan fingerprint density at radius 1 is 1.38 bits per heavy atom. The maximum absolute atomic E-state index is 5.56. The molecule has 0 aromatic heterocycles. The molecule has 0 fully saturated rings. The van der Waals surface area contributed by atoms with Crippen LogP contribution in [0.2, 0.25) is 0 Å². The van der Waals surface area contributed by atoms with Crippen LogP contribution in [-0.4, -0.2) is 0 Å². The molecule has 1 aromatic carbocycles. The highest BCUT2D eigenvalue weighted by atomic mass is 14.2. The van der Waals surface area contributed by atoms with Crippen molar-refractivity contribution in [1.29, 1.82) is 0 Å². The molecule has 1 aliphatic carbocycles. The number of terminal acetylenes is 1. The summed E-state index contributed by atoms with van der Waals surface area (Å²) in [7, 11) is 0. The molecule has 0 nitrogen and oxygen atoms in total. The van der Waals surface area contributed by atoms with Crippen LogP contribution in [0.3, 0.4) is 0 Å². The van der Waals surface area contributed by atoms with Gasteiger partial charge in [-0.1, -0.05) is 29.2 Å². The molecule has 0 saturated heterocycles. The van der Waals surface area contributed by atoms with Gasteiger partial charge < -0.3 is 0 Å². The predicted molar refractivity (Wildman–Crippen MR) is 71.1 cm³/mol. The van der Waals surface area contributed by atoms with Crippen molar-refractivity contribution in [3.63, 3.8) is 0 Å². The van der Waals surface area contributed by atoms with Crippen LogP contribution in [0, 0.1) is 12.3 Å². The fourth-order valence-corrected chi connectivity index (χ4v) is 2.14. The van der Waals surface area contributed by atoms with Crippen molar-refractivity contribution in [3.05, 3.63) is 45.5 Å². The lowest BCUT2D eigenvalue weighted by Gasteiger charge is -2.05. The largest absolute Gasteiger partial charge is 0.115 e. The Labute approximate surface area is 97.7 Å². The van der Waals surface area contributed by atoms with Crippen molar-refractivity contribution in [1.82, 2.24) is 0 Å². The second-order valence-electron chi connectivity index (χ2n) is 4.67. The molecule has 0 amide bonds. The molecule has 0 atom stereocenters. The average Bonchev–Trinajstić information content (AvgIpc) is 2.55. The molecular weight excluding hydrogens is 192 g/mol. The summed E-state index contributed by atoms with van der Waals surface area (Å²) in [6, 6.07) is 4.35. The molecule has 16 heavy (non-hydrogen) atoms. The minimum absolute atomic E-state index is 1.00. The Hall–Kier alpha value is -1.74. The van der Waals surface area contributed by atoms with E-state index in [-0.39, 0.29) is 0 Å². The molecule has 0 unspecified atom stereocenters. The smallest absolute Gasteiger partial charge is 0.0318 e. The van der Waals surface area contributed by atoms with Gasteiger partial charge in [0.1, 0.15) is 0 Å². The van der Waals surface area contributed by atoms with Gasteiger partial charge in [-0.2, -0.15) is 0 Å². The van der Waals surface area contributed by atoms with Crippen molar-refractivity contribution in [2.75, 3.05) is 0 Å². The fourth-order valence-electron chi connectivity index (χ4n) is 2.14. The van der Waals surface area contributed by atoms with E-state index in [2.05, 4.69) is 51.0 Å². The quantitative estimate of drug-likeness (QED) is 0.611. The molecular formula is C16H16. The van der Waals surface area contributed by atoms with E-state index in [1.807, 2.05) is 0 Å². The fraction of sp³-hybridized carbons (Fsp3) is 0.250. The maximum atomic E-state index is 5.56. The summed E-state index contributed by atoms with van der Waals surface area (Å²) in [6.45, 7) is 6.35.